The zero-order chi connectivity index (χ0) is 21.7. The van der Waals surface area contributed by atoms with E-state index in [0.29, 0.717) is 19.7 Å². The smallest absolute Gasteiger partial charge is 0.191 e. The fraction of sp³-hybridized carbons (Fsp3) is 0.458. The molecule has 1 fully saturated rings. The Bertz CT molecular complexity index is 828. The van der Waals surface area contributed by atoms with Crippen molar-refractivity contribution in [1.82, 2.24) is 15.5 Å². The molecule has 1 saturated heterocycles. The molecule has 0 bridgehead atoms. The largest absolute Gasteiger partial charge is 0.496 e. The van der Waals surface area contributed by atoms with E-state index in [1.807, 2.05) is 42.5 Å². The Hall–Kier alpha value is -2.04. The first-order valence-electron chi connectivity index (χ1n) is 10.9. The normalized spacial score (nSPS) is 14.4. The highest BCUT2D eigenvalue weighted by atomic mass is 127. The SMILES string of the molecule is CCNC(=NCc1ccccc1OC)NCc1ccccc1OCCN1CCOCC1.I. The molecule has 3 rings (SSSR count). The summed E-state index contributed by atoms with van der Waals surface area (Å²) in [4.78, 5) is 7.09. The number of aliphatic imine (C=N–C) groups is 1. The molecular weight excluding hydrogens is 519 g/mol. The van der Waals surface area contributed by atoms with E-state index in [1.54, 1.807) is 7.11 Å². The second-order valence-corrected chi connectivity index (χ2v) is 7.27. The fourth-order valence-corrected chi connectivity index (χ4v) is 3.42. The van der Waals surface area contributed by atoms with E-state index in [-0.39, 0.29) is 24.0 Å². The van der Waals surface area contributed by atoms with Crippen LogP contribution >= 0.6 is 24.0 Å². The molecule has 8 heteroatoms. The molecule has 1 aliphatic heterocycles. The van der Waals surface area contributed by atoms with Gasteiger partial charge in [0, 0.05) is 43.9 Å². The summed E-state index contributed by atoms with van der Waals surface area (Å²) >= 11 is 0. The topological polar surface area (TPSA) is 67.4 Å². The molecule has 0 amide bonds. The number of nitrogens with one attached hydrogen (secondary N) is 2. The standard InChI is InChI=1S/C24H34N4O3.HI/c1-3-25-24(26-18-20-8-4-6-10-22(20)29-2)27-19-21-9-5-7-11-23(21)31-17-14-28-12-15-30-16-13-28;/h4-11H,3,12-19H2,1-2H3,(H2,25,26,27);1H. The van der Waals surface area contributed by atoms with Crippen molar-refractivity contribution in [3.8, 4) is 11.5 Å². The van der Waals surface area contributed by atoms with Crippen molar-refractivity contribution in [1.29, 1.82) is 0 Å². The van der Waals surface area contributed by atoms with Crippen molar-refractivity contribution < 1.29 is 14.2 Å². The van der Waals surface area contributed by atoms with Crippen LogP contribution in [-0.2, 0) is 17.8 Å². The van der Waals surface area contributed by atoms with Gasteiger partial charge in [-0.3, -0.25) is 4.90 Å². The molecule has 176 valence electrons. The van der Waals surface area contributed by atoms with E-state index >= 15 is 0 Å². The Kier molecular flexibility index (Phi) is 12.2. The van der Waals surface area contributed by atoms with Crippen LogP contribution in [0.5, 0.6) is 11.5 Å². The van der Waals surface area contributed by atoms with Gasteiger partial charge in [-0.1, -0.05) is 36.4 Å². The number of halogens is 1. The van der Waals surface area contributed by atoms with Gasteiger partial charge in [0.05, 0.1) is 26.9 Å². The monoisotopic (exact) mass is 554 g/mol. The molecule has 0 radical (unpaired) electrons. The van der Waals surface area contributed by atoms with Crippen molar-refractivity contribution in [2.75, 3.05) is 53.1 Å². The van der Waals surface area contributed by atoms with E-state index in [0.717, 1.165) is 68.0 Å². The van der Waals surface area contributed by atoms with Crippen LogP contribution in [0.2, 0.25) is 0 Å². The van der Waals surface area contributed by atoms with Crippen LogP contribution in [0.4, 0.5) is 0 Å². The van der Waals surface area contributed by atoms with Gasteiger partial charge in [-0.05, 0) is 19.1 Å². The predicted octanol–water partition coefficient (Wildman–Crippen LogP) is 3.28. The van der Waals surface area contributed by atoms with E-state index in [2.05, 4.69) is 28.5 Å². The summed E-state index contributed by atoms with van der Waals surface area (Å²) in [5.41, 5.74) is 2.15. The lowest BCUT2D eigenvalue weighted by Gasteiger charge is -2.26. The minimum absolute atomic E-state index is 0. The Balaban J connectivity index is 0.00000363. The zero-order valence-electron chi connectivity index (χ0n) is 19.0. The lowest BCUT2D eigenvalue weighted by atomic mass is 10.2. The molecule has 0 atom stereocenters. The minimum atomic E-state index is 0. The average molecular weight is 554 g/mol. The number of para-hydroxylation sites is 2. The van der Waals surface area contributed by atoms with Crippen LogP contribution < -0.4 is 20.1 Å². The third kappa shape index (κ3) is 8.48. The lowest BCUT2D eigenvalue weighted by molar-refractivity contribution is 0.0322. The number of morpholine rings is 1. The van der Waals surface area contributed by atoms with Gasteiger partial charge in [0.15, 0.2) is 5.96 Å². The Morgan fingerprint density at radius 1 is 1.00 bits per heavy atom. The molecule has 1 heterocycles. The maximum atomic E-state index is 6.09. The molecule has 0 spiro atoms. The van der Waals surface area contributed by atoms with Crippen LogP contribution in [0.15, 0.2) is 53.5 Å². The molecule has 0 aliphatic carbocycles. The molecule has 7 nitrogen and oxygen atoms in total. The number of hydrogen-bond acceptors (Lipinski definition) is 5. The Morgan fingerprint density at radius 2 is 1.69 bits per heavy atom. The highest BCUT2D eigenvalue weighted by Crippen LogP contribution is 2.19. The number of methoxy groups -OCH3 is 1. The van der Waals surface area contributed by atoms with Crippen molar-refractivity contribution in [3.63, 3.8) is 0 Å². The molecule has 0 unspecified atom stereocenters. The number of ether oxygens (including phenoxy) is 3. The van der Waals surface area contributed by atoms with Gasteiger partial charge in [0.1, 0.15) is 18.1 Å². The number of rotatable bonds is 10. The van der Waals surface area contributed by atoms with Gasteiger partial charge in [0.25, 0.3) is 0 Å². The maximum Gasteiger partial charge on any atom is 0.191 e. The molecule has 32 heavy (non-hydrogen) atoms. The molecular formula is C24H35IN4O3. The number of benzene rings is 2. The van der Waals surface area contributed by atoms with Crippen molar-refractivity contribution in [2.24, 2.45) is 4.99 Å². The summed E-state index contributed by atoms with van der Waals surface area (Å²) in [5, 5.41) is 6.72. The maximum absolute atomic E-state index is 6.09. The molecule has 2 aromatic rings. The van der Waals surface area contributed by atoms with Gasteiger partial charge in [0.2, 0.25) is 0 Å². The summed E-state index contributed by atoms with van der Waals surface area (Å²) in [6.45, 7) is 9.15. The first kappa shape index (κ1) is 26.2. The lowest BCUT2D eigenvalue weighted by Crippen LogP contribution is -2.38. The van der Waals surface area contributed by atoms with Crippen molar-refractivity contribution in [3.05, 3.63) is 59.7 Å². The summed E-state index contributed by atoms with van der Waals surface area (Å²) in [7, 11) is 1.68. The molecule has 1 aliphatic rings. The zero-order valence-corrected chi connectivity index (χ0v) is 21.3. The summed E-state index contributed by atoms with van der Waals surface area (Å²) in [6, 6.07) is 16.1. The van der Waals surface area contributed by atoms with Gasteiger partial charge >= 0.3 is 0 Å². The summed E-state index contributed by atoms with van der Waals surface area (Å²) in [5.74, 6) is 2.52. The second-order valence-electron chi connectivity index (χ2n) is 7.27. The summed E-state index contributed by atoms with van der Waals surface area (Å²) < 4.78 is 16.9. The number of nitrogens with zero attached hydrogens (tertiary/aromatic N) is 2. The average Bonchev–Trinajstić information content (AvgIpc) is 2.82. The van der Waals surface area contributed by atoms with Gasteiger partial charge in [-0.15, -0.1) is 24.0 Å². The van der Waals surface area contributed by atoms with E-state index < -0.39 is 0 Å². The Morgan fingerprint density at radius 3 is 2.41 bits per heavy atom. The fourth-order valence-electron chi connectivity index (χ4n) is 3.42. The van der Waals surface area contributed by atoms with E-state index in [9.17, 15) is 0 Å². The van der Waals surface area contributed by atoms with Crippen LogP contribution in [0, 0.1) is 0 Å². The highest BCUT2D eigenvalue weighted by molar-refractivity contribution is 14.0. The summed E-state index contributed by atoms with van der Waals surface area (Å²) in [6.07, 6.45) is 0. The number of guanidine groups is 1. The second kappa shape index (κ2) is 14.9. The minimum Gasteiger partial charge on any atom is -0.496 e. The number of hydrogen-bond donors (Lipinski definition) is 2. The molecule has 0 saturated carbocycles. The van der Waals surface area contributed by atoms with E-state index in [4.69, 9.17) is 19.2 Å². The molecule has 2 N–H and O–H groups in total. The van der Waals surface area contributed by atoms with Gasteiger partial charge < -0.3 is 24.8 Å². The van der Waals surface area contributed by atoms with Crippen LogP contribution in [-0.4, -0.2) is 64.0 Å². The van der Waals surface area contributed by atoms with Crippen molar-refractivity contribution >= 4 is 29.9 Å². The molecule has 0 aromatic heterocycles. The van der Waals surface area contributed by atoms with E-state index in [1.165, 1.54) is 0 Å². The highest BCUT2D eigenvalue weighted by Gasteiger charge is 2.11. The van der Waals surface area contributed by atoms with Crippen LogP contribution in [0.3, 0.4) is 0 Å². The third-order valence-corrected chi connectivity index (χ3v) is 5.13. The van der Waals surface area contributed by atoms with Crippen LogP contribution in [0.1, 0.15) is 18.1 Å². The molecule has 2 aromatic carbocycles. The third-order valence-electron chi connectivity index (χ3n) is 5.13. The predicted molar refractivity (Wildman–Crippen MR) is 139 cm³/mol. The first-order valence-corrected chi connectivity index (χ1v) is 10.9. The van der Waals surface area contributed by atoms with Crippen LogP contribution in [0.25, 0.3) is 0 Å². The van der Waals surface area contributed by atoms with Gasteiger partial charge in [-0.2, -0.15) is 0 Å². The Labute approximate surface area is 208 Å². The van der Waals surface area contributed by atoms with Crippen molar-refractivity contribution in [2.45, 2.75) is 20.0 Å². The van der Waals surface area contributed by atoms with Gasteiger partial charge in [-0.25, -0.2) is 4.99 Å². The quantitative estimate of drug-likeness (QED) is 0.267. The first-order chi connectivity index (χ1) is 15.3.